The summed E-state index contributed by atoms with van der Waals surface area (Å²) < 4.78 is 45.7. The second-order valence-electron chi connectivity index (χ2n) is 5.42. The van der Waals surface area contributed by atoms with Gasteiger partial charge in [-0.25, -0.2) is 12.8 Å². The predicted molar refractivity (Wildman–Crippen MR) is 103 cm³/mol. The van der Waals surface area contributed by atoms with Gasteiger partial charge < -0.3 is 4.42 Å². The molecule has 2 aromatic carbocycles. The number of nitrogens with zero attached hydrogens (tertiary/aromatic N) is 1. The second-order valence-corrected chi connectivity index (χ2v) is 9.27. The standard InChI is InChI=1S/C18H15BrFNO3S2/c1-2-11-25-18-17(26(22,23)15-9-5-13(19)6-10-15)21-16(24-18)12-3-7-14(20)8-4-12/h3-10H,2,11H2,1H3. The van der Waals surface area contributed by atoms with E-state index in [1.807, 2.05) is 6.92 Å². The maximum absolute atomic E-state index is 13.1. The lowest BCUT2D eigenvalue weighted by Gasteiger charge is -2.03. The van der Waals surface area contributed by atoms with Crippen LogP contribution >= 0.6 is 27.7 Å². The zero-order valence-electron chi connectivity index (χ0n) is 13.8. The summed E-state index contributed by atoms with van der Waals surface area (Å²) in [5, 5.41) is 0.131. The minimum Gasteiger partial charge on any atom is -0.428 e. The van der Waals surface area contributed by atoms with Crippen molar-refractivity contribution in [3.05, 3.63) is 58.8 Å². The van der Waals surface area contributed by atoms with Gasteiger partial charge in [0.1, 0.15) is 5.82 Å². The summed E-state index contributed by atoms with van der Waals surface area (Å²) in [6, 6.07) is 11.9. The van der Waals surface area contributed by atoms with Crippen molar-refractivity contribution in [1.29, 1.82) is 0 Å². The zero-order valence-corrected chi connectivity index (χ0v) is 17.0. The van der Waals surface area contributed by atoms with Crippen molar-refractivity contribution >= 4 is 37.5 Å². The summed E-state index contributed by atoms with van der Waals surface area (Å²) in [5.41, 5.74) is 0.516. The number of oxazole rings is 1. The van der Waals surface area contributed by atoms with Crippen LogP contribution in [0.3, 0.4) is 0 Å². The number of hydrogen-bond donors (Lipinski definition) is 0. The Morgan fingerprint density at radius 1 is 1.12 bits per heavy atom. The highest BCUT2D eigenvalue weighted by Gasteiger charge is 2.28. The number of benzene rings is 2. The molecule has 1 heterocycles. The summed E-state index contributed by atoms with van der Waals surface area (Å²) in [5.74, 6) is 0.462. The first-order chi connectivity index (χ1) is 12.4. The Morgan fingerprint density at radius 2 is 1.77 bits per heavy atom. The van der Waals surface area contributed by atoms with E-state index in [1.165, 1.54) is 48.2 Å². The zero-order chi connectivity index (χ0) is 18.7. The van der Waals surface area contributed by atoms with E-state index in [1.54, 1.807) is 12.1 Å². The van der Waals surface area contributed by atoms with Crippen LogP contribution in [0.4, 0.5) is 4.39 Å². The topological polar surface area (TPSA) is 60.2 Å². The molecule has 26 heavy (non-hydrogen) atoms. The lowest BCUT2D eigenvalue weighted by molar-refractivity contribution is 0.470. The second kappa shape index (κ2) is 7.94. The quantitative estimate of drug-likeness (QED) is 0.454. The van der Waals surface area contributed by atoms with Gasteiger partial charge in [0, 0.05) is 15.8 Å². The Kier molecular flexibility index (Phi) is 5.84. The Morgan fingerprint density at radius 3 is 2.38 bits per heavy atom. The molecule has 0 aliphatic carbocycles. The highest BCUT2D eigenvalue weighted by molar-refractivity contribution is 9.10. The van der Waals surface area contributed by atoms with Crippen LogP contribution in [0.15, 0.2) is 72.4 Å². The molecule has 0 amide bonds. The highest BCUT2D eigenvalue weighted by Crippen LogP contribution is 2.35. The van der Waals surface area contributed by atoms with Gasteiger partial charge in [0.05, 0.1) is 4.90 Å². The number of halogens is 2. The van der Waals surface area contributed by atoms with E-state index in [0.717, 1.165) is 10.9 Å². The van der Waals surface area contributed by atoms with E-state index < -0.39 is 9.84 Å². The summed E-state index contributed by atoms with van der Waals surface area (Å²) in [4.78, 5) is 4.36. The molecule has 0 atom stereocenters. The monoisotopic (exact) mass is 455 g/mol. The fraction of sp³-hybridized carbons (Fsp3) is 0.167. The largest absolute Gasteiger partial charge is 0.428 e. The number of thioether (sulfide) groups is 1. The third kappa shape index (κ3) is 4.02. The van der Waals surface area contributed by atoms with Crippen molar-refractivity contribution in [3.63, 3.8) is 0 Å². The summed E-state index contributed by atoms with van der Waals surface area (Å²) in [6.45, 7) is 1.99. The van der Waals surface area contributed by atoms with Crippen LogP contribution in [0.5, 0.6) is 0 Å². The average molecular weight is 456 g/mol. The minimum absolute atomic E-state index is 0.113. The Balaban J connectivity index is 2.09. The summed E-state index contributed by atoms with van der Waals surface area (Å²) in [6.07, 6.45) is 0.856. The molecule has 0 unspecified atom stereocenters. The van der Waals surface area contributed by atoms with E-state index in [2.05, 4.69) is 20.9 Å². The van der Waals surface area contributed by atoms with Gasteiger partial charge in [0.2, 0.25) is 25.8 Å². The first-order valence-corrected chi connectivity index (χ1v) is 11.1. The fourth-order valence-corrected chi connectivity index (χ4v) is 4.84. The van der Waals surface area contributed by atoms with Gasteiger partial charge >= 0.3 is 0 Å². The Bertz CT molecular complexity index is 1000. The first-order valence-electron chi connectivity index (χ1n) is 7.82. The number of aromatic nitrogens is 1. The lowest BCUT2D eigenvalue weighted by atomic mass is 10.2. The fourth-order valence-electron chi connectivity index (χ4n) is 2.19. The Hall–Kier alpha value is -1.64. The first kappa shape index (κ1) is 19.1. The average Bonchev–Trinajstić information content (AvgIpc) is 3.06. The van der Waals surface area contributed by atoms with Gasteiger partial charge in [-0.05, 0) is 55.0 Å². The molecule has 0 fully saturated rings. The molecule has 8 heteroatoms. The molecule has 0 saturated heterocycles. The van der Waals surface area contributed by atoms with Crippen molar-refractivity contribution in [2.45, 2.75) is 28.4 Å². The molecule has 0 aliphatic rings. The molecule has 4 nitrogen and oxygen atoms in total. The van der Waals surface area contributed by atoms with E-state index >= 15 is 0 Å². The molecule has 0 saturated carbocycles. The van der Waals surface area contributed by atoms with Crippen molar-refractivity contribution in [2.24, 2.45) is 0 Å². The number of hydrogen-bond acceptors (Lipinski definition) is 5. The smallest absolute Gasteiger partial charge is 0.228 e. The molecule has 0 aliphatic heterocycles. The molecule has 0 radical (unpaired) electrons. The normalized spacial score (nSPS) is 11.7. The highest BCUT2D eigenvalue weighted by atomic mass is 79.9. The van der Waals surface area contributed by atoms with Crippen LogP contribution in [-0.2, 0) is 9.84 Å². The van der Waals surface area contributed by atoms with Crippen LogP contribution < -0.4 is 0 Å². The van der Waals surface area contributed by atoms with Gasteiger partial charge in [-0.1, -0.05) is 34.6 Å². The summed E-state index contributed by atoms with van der Waals surface area (Å²) >= 11 is 4.59. The molecule has 1 aromatic heterocycles. The third-order valence-corrected chi connectivity index (χ3v) is 6.96. The molecule has 3 rings (SSSR count). The van der Waals surface area contributed by atoms with Crippen LogP contribution in [0, 0.1) is 5.82 Å². The van der Waals surface area contributed by atoms with E-state index in [9.17, 15) is 12.8 Å². The number of sulfone groups is 1. The molecular weight excluding hydrogens is 441 g/mol. The van der Waals surface area contributed by atoms with Gasteiger partial charge in [0.15, 0.2) is 0 Å². The van der Waals surface area contributed by atoms with Gasteiger partial charge in [-0.3, -0.25) is 0 Å². The van der Waals surface area contributed by atoms with Gasteiger partial charge in [0.25, 0.3) is 0 Å². The SMILES string of the molecule is CCCSc1oc(-c2ccc(F)cc2)nc1S(=O)(=O)c1ccc(Br)cc1. The van der Waals surface area contributed by atoms with E-state index in [4.69, 9.17) is 4.42 Å². The van der Waals surface area contributed by atoms with Crippen LogP contribution in [0.2, 0.25) is 0 Å². The van der Waals surface area contributed by atoms with Crippen molar-refractivity contribution in [1.82, 2.24) is 4.98 Å². The Labute approximate surface area is 163 Å². The maximum atomic E-state index is 13.1. The van der Waals surface area contributed by atoms with E-state index in [0.29, 0.717) is 11.3 Å². The maximum Gasteiger partial charge on any atom is 0.228 e. The van der Waals surface area contributed by atoms with Crippen LogP contribution in [0.1, 0.15) is 13.3 Å². The third-order valence-electron chi connectivity index (χ3n) is 3.47. The summed E-state index contributed by atoms with van der Waals surface area (Å²) in [7, 11) is -3.83. The van der Waals surface area contributed by atoms with Crippen molar-refractivity contribution in [3.8, 4) is 11.5 Å². The molecule has 3 aromatic rings. The van der Waals surface area contributed by atoms with Gasteiger partial charge in [-0.2, -0.15) is 4.98 Å². The van der Waals surface area contributed by atoms with E-state index in [-0.39, 0.29) is 26.7 Å². The lowest BCUT2D eigenvalue weighted by Crippen LogP contribution is -2.04. The molecule has 0 bridgehead atoms. The van der Waals surface area contributed by atoms with Crippen molar-refractivity contribution < 1.29 is 17.2 Å². The molecular formula is C18H15BrFNO3S2. The van der Waals surface area contributed by atoms with Gasteiger partial charge in [-0.15, -0.1) is 0 Å². The van der Waals surface area contributed by atoms with Crippen LogP contribution in [0.25, 0.3) is 11.5 Å². The molecule has 136 valence electrons. The minimum atomic E-state index is -3.83. The molecule has 0 spiro atoms. The van der Waals surface area contributed by atoms with Crippen LogP contribution in [-0.4, -0.2) is 19.2 Å². The predicted octanol–water partition coefficient (Wildman–Crippen LogP) is 5.58. The van der Waals surface area contributed by atoms with Crippen molar-refractivity contribution in [2.75, 3.05) is 5.75 Å². The molecule has 0 N–H and O–H groups in total. The number of rotatable bonds is 6.